The number of aromatic nitrogens is 2. The van der Waals surface area contributed by atoms with Gasteiger partial charge in [-0.05, 0) is 37.0 Å². The number of piperidine rings is 1. The van der Waals surface area contributed by atoms with Crippen LogP contribution < -0.4 is 14.2 Å². The number of amides is 1. The molecule has 0 N–H and O–H groups in total. The molecule has 4 rings (SSSR count). The fourth-order valence-electron chi connectivity index (χ4n) is 4.20. The van der Waals surface area contributed by atoms with Gasteiger partial charge < -0.3 is 23.8 Å². The molecule has 3 heterocycles. The van der Waals surface area contributed by atoms with Crippen molar-refractivity contribution in [3.05, 3.63) is 35.7 Å². The van der Waals surface area contributed by atoms with Gasteiger partial charge in [0.25, 0.3) is 0 Å². The molecule has 1 aromatic carbocycles. The predicted octanol–water partition coefficient (Wildman–Crippen LogP) is 3.67. The van der Waals surface area contributed by atoms with E-state index in [1.165, 1.54) is 13.4 Å². The van der Waals surface area contributed by atoms with Crippen molar-refractivity contribution in [1.29, 1.82) is 0 Å². The monoisotopic (exact) mass is 565 g/mol. The van der Waals surface area contributed by atoms with Crippen LogP contribution in [-0.4, -0.2) is 75.5 Å². The minimum absolute atomic E-state index is 0.0626. The van der Waals surface area contributed by atoms with Crippen LogP contribution in [0.1, 0.15) is 37.8 Å². The summed E-state index contributed by atoms with van der Waals surface area (Å²) in [5.41, 5.74) is 1.55. The summed E-state index contributed by atoms with van der Waals surface area (Å²) in [5, 5.41) is 0. The Kier molecular flexibility index (Phi) is 9.46. The van der Waals surface area contributed by atoms with Crippen LogP contribution in [0.2, 0.25) is 0 Å². The lowest BCUT2D eigenvalue weighted by Crippen LogP contribution is -2.42. The van der Waals surface area contributed by atoms with Gasteiger partial charge in [0.15, 0.2) is 11.5 Å². The Bertz CT molecular complexity index is 1230. The molecule has 2 saturated heterocycles. The standard InChI is InChI=1S/C26H35N3O9S/c1-17(2)13-34-26(30)29-9-7-21(8-10-29)37-24-18(3)25(28-16-27-24)38-22-6-5-19(12-23(22)33-4)11-20-14-35-39(31,32)36-15-20/h5-6,12,16-17,20-21H,7-11,13-15H2,1-4H3. The molecule has 0 bridgehead atoms. The third kappa shape index (κ3) is 7.93. The number of nitrogens with zero attached hydrogens (tertiary/aromatic N) is 3. The van der Waals surface area contributed by atoms with Crippen LogP contribution >= 0.6 is 0 Å². The quantitative estimate of drug-likeness (QED) is 0.440. The maximum Gasteiger partial charge on any atom is 0.409 e. The Morgan fingerprint density at radius 1 is 1.10 bits per heavy atom. The van der Waals surface area contributed by atoms with Crippen LogP contribution in [0.4, 0.5) is 4.79 Å². The lowest BCUT2D eigenvalue weighted by atomic mass is 10.0. The molecule has 0 saturated carbocycles. The summed E-state index contributed by atoms with van der Waals surface area (Å²) in [6.45, 7) is 7.45. The van der Waals surface area contributed by atoms with Crippen molar-refractivity contribution >= 4 is 16.5 Å². The molecule has 2 fully saturated rings. The summed E-state index contributed by atoms with van der Waals surface area (Å²) in [6, 6.07) is 5.47. The molecule has 0 atom stereocenters. The van der Waals surface area contributed by atoms with E-state index < -0.39 is 10.4 Å². The molecule has 2 aliphatic rings. The number of ether oxygens (including phenoxy) is 4. The van der Waals surface area contributed by atoms with E-state index >= 15 is 0 Å². The van der Waals surface area contributed by atoms with Crippen LogP contribution in [0, 0.1) is 18.8 Å². The Hall–Kier alpha value is -3.16. The zero-order chi connectivity index (χ0) is 28.0. The van der Waals surface area contributed by atoms with Gasteiger partial charge in [0.2, 0.25) is 11.8 Å². The smallest absolute Gasteiger partial charge is 0.409 e. The third-order valence-electron chi connectivity index (χ3n) is 6.37. The number of hydrogen-bond donors (Lipinski definition) is 0. The molecule has 0 spiro atoms. The second-order valence-electron chi connectivity index (χ2n) is 10.0. The number of likely N-dealkylation sites (tertiary alicyclic amines) is 1. The Balaban J connectivity index is 1.35. The van der Waals surface area contributed by atoms with Gasteiger partial charge in [-0.3, -0.25) is 0 Å². The summed E-state index contributed by atoms with van der Waals surface area (Å²) in [4.78, 5) is 22.5. The second-order valence-corrected chi connectivity index (χ2v) is 11.3. The van der Waals surface area contributed by atoms with Crippen LogP contribution in [0.25, 0.3) is 0 Å². The van der Waals surface area contributed by atoms with E-state index in [1.54, 1.807) is 11.0 Å². The highest BCUT2D eigenvalue weighted by Crippen LogP contribution is 2.35. The van der Waals surface area contributed by atoms with Crippen molar-refractivity contribution in [3.8, 4) is 23.3 Å². The second kappa shape index (κ2) is 12.8. The van der Waals surface area contributed by atoms with E-state index in [-0.39, 0.29) is 31.3 Å². The van der Waals surface area contributed by atoms with Crippen LogP contribution in [-0.2, 0) is 29.9 Å². The van der Waals surface area contributed by atoms with E-state index in [9.17, 15) is 13.2 Å². The molecular weight excluding hydrogens is 530 g/mol. The molecule has 0 aliphatic carbocycles. The first-order valence-corrected chi connectivity index (χ1v) is 14.3. The lowest BCUT2D eigenvalue weighted by Gasteiger charge is -2.31. The van der Waals surface area contributed by atoms with Crippen molar-refractivity contribution < 1.29 is 40.5 Å². The summed E-state index contributed by atoms with van der Waals surface area (Å²) >= 11 is 0. The average Bonchev–Trinajstić information content (AvgIpc) is 2.92. The topological polar surface area (TPSA) is 136 Å². The van der Waals surface area contributed by atoms with E-state index in [1.807, 2.05) is 32.9 Å². The van der Waals surface area contributed by atoms with E-state index in [0.717, 1.165) is 5.56 Å². The fourth-order valence-corrected chi connectivity index (χ4v) is 4.99. The van der Waals surface area contributed by atoms with Gasteiger partial charge in [0, 0.05) is 31.8 Å². The van der Waals surface area contributed by atoms with Gasteiger partial charge in [-0.15, -0.1) is 0 Å². The third-order valence-corrected chi connectivity index (χ3v) is 7.21. The first-order chi connectivity index (χ1) is 18.6. The number of carbonyl (C=O) groups is 1. The molecule has 2 aliphatic heterocycles. The Morgan fingerprint density at radius 2 is 1.79 bits per heavy atom. The normalized spacial score (nSPS) is 18.1. The molecule has 0 unspecified atom stereocenters. The lowest BCUT2D eigenvalue weighted by molar-refractivity contribution is 0.0602. The van der Waals surface area contributed by atoms with E-state index in [4.69, 9.17) is 27.3 Å². The number of hydrogen-bond acceptors (Lipinski definition) is 11. The molecule has 1 amide bonds. The van der Waals surface area contributed by atoms with Crippen LogP contribution in [0.3, 0.4) is 0 Å². The molecule has 39 heavy (non-hydrogen) atoms. The van der Waals surface area contributed by atoms with Gasteiger partial charge in [0.05, 0.1) is 32.5 Å². The van der Waals surface area contributed by atoms with Crippen molar-refractivity contribution in [2.45, 2.75) is 46.1 Å². The molecule has 2 aromatic rings. The Morgan fingerprint density at radius 3 is 2.46 bits per heavy atom. The SMILES string of the molecule is COc1cc(CC2COS(=O)(=O)OC2)ccc1Oc1ncnc(OC2CCN(C(=O)OCC(C)C)CC2)c1C. The van der Waals surface area contributed by atoms with E-state index in [2.05, 4.69) is 9.97 Å². The van der Waals surface area contributed by atoms with Crippen molar-refractivity contribution in [2.24, 2.45) is 11.8 Å². The highest BCUT2D eigenvalue weighted by molar-refractivity contribution is 7.81. The largest absolute Gasteiger partial charge is 0.493 e. The van der Waals surface area contributed by atoms with Crippen molar-refractivity contribution in [3.63, 3.8) is 0 Å². The summed E-state index contributed by atoms with van der Waals surface area (Å²) < 4.78 is 55.2. The zero-order valence-electron chi connectivity index (χ0n) is 22.6. The van der Waals surface area contributed by atoms with Gasteiger partial charge >= 0.3 is 16.5 Å². The first-order valence-electron chi connectivity index (χ1n) is 12.9. The minimum Gasteiger partial charge on any atom is -0.493 e. The maximum absolute atomic E-state index is 12.2. The van der Waals surface area contributed by atoms with Gasteiger partial charge in [0.1, 0.15) is 12.4 Å². The van der Waals surface area contributed by atoms with E-state index in [0.29, 0.717) is 73.7 Å². The Labute approximate surface area is 228 Å². The number of rotatable bonds is 9. The highest BCUT2D eigenvalue weighted by atomic mass is 32.3. The molecule has 12 nitrogen and oxygen atoms in total. The molecule has 1 aromatic heterocycles. The molecule has 214 valence electrons. The summed E-state index contributed by atoms with van der Waals surface area (Å²) in [7, 11) is -2.34. The first kappa shape index (κ1) is 28.8. The van der Waals surface area contributed by atoms with Crippen LogP contribution in [0.5, 0.6) is 23.3 Å². The highest BCUT2D eigenvalue weighted by Gasteiger charge is 2.27. The van der Waals surface area contributed by atoms with Gasteiger partial charge in [-0.2, -0.15) is 8.42 Å². The molecule has 13 heteroatoms. The maximum atomic E-state index is 12.2. The molecular formula is C26H35N3O9S. The number of methoxy groups -OCH3 is 1. The zero-order valence-corrected chi connectivity index (χ0v) is 23.4. The number of carbonyl (C=O) groups excluding carboxylic acids is 1. The summed E-state index contributed by atoms with van der Waals surface area (Å²) in [6.07, 6.45) is 2.86. The minimum atomic E-state index is -3.88. The number of benzene rings is 1. The fraction of sp³-hybridized carbons (Fsp3) is 0.577. The predicted molar refractivity (Wildman–Crippen MR) is 139 cm³/mol. The van der Waals surface area contributed by atoms with Gasteiger partial charge in [-0.1, -0.05) is 19.9 Å². The molecule has 0 radical (unpaired) electrons. The van der Waals surface area contributed by atoms with Crippen molar-refractivity contribution in [1.82, 2.24) is 14.9 Å². The van der Waals surface area contributed by atoms with Crippen molar-refractivity contribution in [2.75, 3.05) is 40.0 Å². The summed E-state index contributed by atoms with van der Waals surface area (Å²) in [5.74, 6) is 1.89. The van der Waals surface area contributed by atoms with Gasteiger partial charge in [-0.25, -0.2) is 23.1 Å². The van der Waals surface area contributed by atoms with Crippen LogP contribution in [0.15, 0.2) is 24.5 Å². The average molecular weight is 566 g/mol.